The molecule has 1 aliphatic heterocycles. The van der Waals surface area contributed by atoms with Crippen LogP contribution in [0.3, 0.4) is 0 Å². The third-order valence-corrected chi connectivity index (χ3v) is 4.78. The topological polar surface area (TPSA) is 89.6 Å². The monoisotopic (exact) mass is 355 g/mol. The second-order valence-electron chi connectivity index (χ2n) is 6.38. The first-order valence-electron chi connectivity index (χ1n) is 8.52. The van der Waals surface area contributed by atoms with Crippen molar-refractivity contribution < 1.29 is 9.53 Å². The number of nitrogens with zero attached hydrogens (tertiary/aromatic N) is 6. The number of carbonyl (C=O) groups excluding carboxylic acids is 1. The number of morpholine rings is 1. The SMILES string of the molecule is CN1CCO[C@@H](CNC(=O)c2cnn3ncccc23)[C@@H]1c1ccnn1C. The van der Waals surface area contributed by atoms with Crippen molar-refractivity contribution >= 4 is 11.4 Å². The molecular formula is C17H21N7O2. The van der Waals surface area contributed by atoms with Gasteiger partial charge in [-0.15, -0.1) is 0 Å². The molecule has 0 aromatic carbocycles. The molecule has 9 heteroatoms. The number of amides is 1. The molecule has 9 nitrogen and oxygen atoms in total. The van der Waals surface area contributed by atoms with Crippen LogP contribution in [-0.2, 0) is 11.8 Å². The van der Waals surface area contributed by atoms with Crippen LogP contribution >= 0.6 is 0 Å². The lowest BCUT2D eigenvalue weighted by Crippen LogP contribution is -2.48. The molecule has 0 radical (unpaired) electrons. The van der Waals surface area contributed by atoms with Gasteiger partial charge in [-0.25, -0.2) is 0 Å². The van der Waals surface area contributed by atoms with Gasteiger partial charge in [0.15, 0.2) is 0 Å². The quantitative estimate of drug-likeness (QED) is 0.722. The highest BCUT2D eigenvalue weighted by Crippen LogP contribution is 2.27. The van der Waals surface area contributed by atoms with Crippen LogP contribution in [0.15, 0.2) is 36.8 Å². The van der Waals surface area contributed by atoms with Gasteiger partial charge in [-0.3, -0.25) is 14.4 Å². The van der Waals surface area contributed by atoms with E-state index >= 15 is 0 Å². The van der Waals surface area contributed by atoms with E-state index in [1.54, 1.807) is 18.5 Å². The van der Waals surface area contributed by atoms with Gasteiger partial charge in [0.1, 0.15) is 5.52 Å². The molecule has 1 N–H and O–H groups in total. The predicted molar refractivity (Wildman–Crippen MR) is 93.6 cm³/mol. The van der Waals surface area contributed by atoms with E-state index in [9.17, 15) is 4.79 Å². The third-order valence-electron chi connectivity index (χ3n) is 4.78. The summed E-state index contributed by atoms with van der Waals surface area (Å²) in [6.07, 6.45) is 4.78. The second-order valence-corrected chi connectivity index (χ2v) is 6.38. The molecule has 0 unspecified atom stereocenters. The van der Waals surface area contributed by atoms with Crippen molar-refractivity contribution in [2.45, 2.75) is 12.1 Å². The Kier molecular flexibility index (Phi) is 4.39. The highest BCUT2D eigenvalue weighted by atomic mass is 16.5. The van der Waals surface area contributed by atoms with E-state index in [4.69, 9.17) is 4.74 Å². The van der Waals surface area contributed by atoms with E-state index in [2.05, 4.69) is 32.6 Å². The molecule has 4 rings (SSSR count). The summed E-state index contributed by atoms with van der Waals surface area (Å²) in [5.41, 5.74) is 2.24. The molecule has 1 aliphatic rings. The molecule has 2 atom stereocenters. The summed E-state index contributed by atoms with van der Waals surface area (Å²) in [6, 6.07) is 5.62. The molecule has 0 aliphatic carbocycles. The number of nitrogens with one attached hydrogen (secondary N) is 1. The van der Waals surface area contributed by atoms with E-state index in [1.165, 1.54) is 10.8 Å². The van der Waals surface area contributed by atoms with Crippen LogP contribution in [0.1, 0.15) is 22.1 Å². The van der Waals surface area contributed by atoms with E-state index in [1.807, 2.05) is 23.9 Å². The summed E-state index contributed by atoms with van der Waals surface area (Å²) in [4.78, 5) is 14.9. The molecule has 26 heavy (non-hydrogen) atoms. The van der Waals surface area contributed by atoms with Crippen LogP contribution in [-0.4, -0.2) is 68.3 Å². The van der Waals surface area contributed by atoms with Gasteiger partial charge in [0, 0.05) is 32.5 Å². The number of hydrogen-bond donors (Lipinski definition) is 1. The first-order valence-corrected chi connectivity index (χ1v) is 8.52. The minimum Gasteiger partial charge on any atom is -0.373 e. The number of aromatic nitrogens is 5. The average Bonchev–Trinajstić information content (AvgIpc) is 3.26. The lowest BCUT2D eigenvalue weighted by atomic mass is 10.0. The molecule has 0 spiro atoms. The van der Waals surface area contributed by atoms with Crippen molar-refractivity contribution in [3.05, 3.63) is 48.0 Å². The van der Waals surface area contributed by atoms with Gasteiger partial charge in [-0.2, -0.15) is 19.9 Å². The number of aryl methyl sites for hydroxylation is 1. The Hall–Kier alpha value is -2.78. The molecular weight excluding hydrogens is 334 g/mol. The van der Waals surface area contributed by atoms with Crippen LogP contribution in [0.5, 0.6) is 0 Å². The Labute approximate surface area is 150 Å². The molecule has 136 valence electrons. The Morgan fingerprint density at radius 2 is 2.15 bits per heavy atom. The van der Waals surface area contributed by atoms with Crippen molar-refractivity contribution in [1.82, 2.24) is 34.8 Å². The van der Waals surface area contributed by atoms with Gasteiger partial charge in [0.2, 0.25) is 0 Å². The van der Waals surface area contributed by atoms with Crippen LogP contribution in [0, 0.1) is 0 Å². The van der Waals surface area contributed by atoms with Crippen molar-refractivity contribution in [2.75, 3.05) is 26.7 Å². The molecule has 3 aromatic heterocycles. The number of fused-ring (bicyclic) bond motifs is 1. The maximum atomic E-state index is 12.6. The van der Waals surface area contributed by atoms with E-state index in [0.717, 1.165) is 12.2 Å². The summed E-state index contributed by atoms with van der Waals surface area (Å²) in [5.74, 6) is -0.186. The van der Waals surface area contributed by atoms with Crippen LogP contribution in [0.25, 0.3) is 5.52 Å². The smallest absolute Gasteiger partial charge is 0.255 e. The fourth-order valence-electron chi connectivity index (χ4n) is 3.42. The molecule has 1 fully saturated rings. The lowest BCUT2D eigenvalue weighted by molar-refractivity contribution is -0.0629. The normalized spacial score (nSPS) is 21.2. The lowest BCUT2D eigenvalue weighted by Gasteiger charge is -2.39. The Morgan fingerprint density at radius 3 is 2.96 bits per heavy atom. The summed E-state index contributed by atoms with van der Waals surface area (Å²) >= 11 is 0. The largest absolute Gasteiger partial charge is 0.373 e. The minimum atomic E-state index is -0.186. The van der Waals surface area contributed by atoms with Crippen LogP contribution in [0.2, 0.25) is 0 Å². The Bertz CT molecular complexity index is 919. The number of likely N-dealkylation sites (N-methyl/N-ethyl adjacent to an activating group) is 1. The zero-order valence-corrected chi connectivity index (χ0v) is 14.7. The van der Waals surface area contributed by atoms with Crippen molar-refractivity contribution in [3.63, 3.8) is 0 Å². The van der Waals surface area contributed by atoms with Crippen molar-refractivity contribution in [3.8, 4) is 0 Å². The molecule has 0 bridgehead atoms. The van der Waals surface area contributed by atoms with Gasteiger partial charge >= 0.3 is 0 Å². The summed E-state index contributed by atoms with van der Waals surface area (Å²) in [5, 5.41) is 15.4. The minimum absolute atomic E-state index is 0.0297. The van der Waals surface area contributed by atoms with Gasteiger partial charge in [-0.1, -0.05) is 0 Å². The van der Waals surface area contributed by atoms with Crippen LogP contribution in [0.4, 0.5) is 0 Å². The van der Waals surface area contributed by atoms with Gasteiger partial charge in [0.05, 0.1) is 36.2 Å². The highest BCUT2D eigenvalue weighted by molar-refractivity contribution is 6.00. The number of ether oxygens (including phenoxy) is 1. The zero-order valence-electron chi connectivity index (χ0n) is 14.7. The van der Waals surface area contributed by atoms with E-state index in [-0.39, 0.29) is 18.1 Å². The van der Waals surface area contributed by atoms with Gasteiger partial charge in [0.25, 0.3) is 5.91 Å². The van der Waals surface area contributed by atoms with Gasteiger partial charge in [-0.05, 0) is 25.2 Å². The third kappa shape index (κ3) is 2.95. The zero-order chi connectivity index (χ0) is 18.1. The van der Waals surface area contributed by atoms with Crippen molar-refractivity contribution in [2.24, 2.45) is 7.05 Å². The number of rotatable bonds is 4. The molecule has 1 saturated heterocycles. The first kappa shape index (κ1) is 16.7. The van der Waals surface area contributed by atoms with Gasteiger partial charge < -0.3 is 10.1 Å². The molecule has 0 saturated carbocycles. The fourth-order valence-corrected chi connectivity index (χ4v) is 3.42. The highest BCUT2D eigenvalue weighted by Gasteiger charge is 2.33. The second kappa shape index (κ2) is 6.85. The Balaban J connectivity index is 1.50. The predicted octanol–water partition coefficient (Wildman–Crippen LogP) is 0.265. The molecule has 4 heterocycles. The molecule has 1 amide bonds. The number of hydrogen-bond acceptors (Lipinski definition) is 6. The molecule has 3 aromatic rings. The van der Waals surface area contributed by atoms with Crippen molar-refractivity contribution in [1.29, 1.82) is 0 Å². The summed E-state index contributed by atoms with van der Waals surface area (Å²) in [7, 11) is 3.98. The fraction of sp³-hybridized carbons (Fsp3) is 0.412. The number of carbonyl (C=O) groups is 1. The summed E-state index contributed by atoms with van der Waals surface area (Å²) < 4.78 is 9.26. The maximum Gasteiger partial charge on any atom is 0.255 e. The summed E-state index contributed by atoms with van der Waals surface area (Å²) in [6.45, 7) is 1.86. The van der Waals surface area contributed by atoms with Crippen LogP contribution < -0.4 is 5.32 Å². The maximum absolute atomic E-state index is 12.6. The standard InChI is InChI=1S/C17H21N7O2/c1-22-8-9-26-15(16(22)14-5-7-19-23(14)2)11-18-17(25)12-10-21-24-13(12)4-3-6-20-24/h3-7,10,15-16H,8-9,11H2,1-2H3,(H,18,25)/t15-,16-/m0/s1. The van der Waals surface area contributed by atoms with E-state index < -0.39 is 0 Å². The average molecular weight is 355 g/mol. The van der Waals surface area contributed by atoms with E-state index in [0.29, 0.717) is 24.2 Å². The first-order chi connectivity index (χ1) is 12.6. The Morgan fingerprint density at radius 1 is 1.27 bits per heavy atom.